The Labute approximate surface area is 102 Å². The van der Waals surface area contributed by atoms with E-state index < -0.39 is 10.1 Å². The molecule has 0 spiro atoms. The summed E-state index contributed by atoms with van der Waals surface area (Å²) in [5.41, 5.74) is 0. The second kappa shape index (κ2) is 7.24. The van der Waals surface area contributed by atoms with Gasteiger partial charge in [-0.3, -0.25) is 9.80 Å². The van der Waals surface area contributed by atoms with E-state index in [4.69, 9.17) is 9.84 Å². The van der Waals surface area contributed by atoms with E-state index in [-0.39, 0.29) is 12.5 Å². The molecule has 0 aromatic carbocycles. The second-order valence-corrected chi connectivity index (χ2v) is 5.51. The van der Waals surface area contributed by atoms with Crippen LogP contribution in [0.15, 0.2) is 0 Å². The molecule has 1 fully saturated rings. The molecule has 1 heterocycles. The highest BCUT2D eigenvalue weighted by Gasteiger charge is 2.16. The SMILES string of the molecule is O=S(=O)([O-])CCN1CCN(CCOCO)CC1. The average Bonchev–Trinajstić information content (AvgIpc) is 2.27. The predicted octanol–water partition coefficient (Wildman–Crippen LogP) is -1.88. The van der Waals surface area contributed by atoms with Crippen molar-refractivity contribution < 1.29 is 22.8 Å². The van der Waals surface area contributed by atoms with Crippen LogP contribution >= 0.6 is 0 Å². The van der Waals surface area contributed by atoms with Crippen molar-refractivity contribution >= 4 is 10.1 Å². The molecule has 0 unspecified atom stereocenters. The van der Waals surface area contributed by atoms with E-state index in [0.29, 0.717) is 13.2 Å². The third-order valence-electron chi connectivity index (χ3n) is 2.77. The van der Waals surface area contributed by atoms with Gasteiger partial charge in [0.1, 0.15) is 6.79 Å². The van der Waals surface area contributed by atoms with Crippen molar-refractivity contribution in [2.24, 2.45) is 0 Å². The maximum atomic E-state index is 10.5. The first kappa shape index (κ1) is 14.8. The molecule has 17 heavy (non-hydrogen) atoms. The fraction of sp³-hybridized carbons (Fsp3) is 1.00. The Hall–Kier alpha value is -0.250. The van der Waals surface area contributed by atoms with Crippen LogP contribution < -0.4 is 0 Å². The highest BCUT2D eigenvalue weighted by atomic mass is 32.2. The van der Waals surface area contributed by atoms with Crippen LogP contribution in [0.2, 0.25) is 0 Å². The van der Waals surface area contributed by atoms with Gasteiger partial charge in [-0.2, -0.15) is 0 Å². The Bertz CT molecular complexity index is 301. The standard InChI is InChI=1S/C9H20N2O5S/c12-9-16-7-5-10-1-3-11(4-2-10)6-8-17(13,14)15/h12H,1-9H2,(H,13,14,15)/p-1. The van der Waals surface area contributed by atoms with Gasteiger partial charge in [-0.15, -0.1) is 0 Å². The lowest BCUT2D eigenvalue weighted by Gasteiger charge is -2.34. The van der Waals surface area contributed by atoms with Crippen LogP contribution in [0.1, 0.15) is 0 Å². The summed E-state index contributed by atoms with van der Waals surface area (Å²) >= 11 is 0. The van der Waals surface area contributed by atoms with Crippen molar-refractivity contribution in [3.05, 3.63) is 0 Å². The van der Waals surface area contributed by atoms with Crippen molar-refractivity contribution in [2.45, 2.75) is 0 Å². The van der Waals surface area contributed by atoms with Gasteiger partial charge >= 0.3 is 0 Å². The summed E-state index contributed by atoms with van der Waals surface area (Å²) in [5, 5.41) is 8.45. The highest BCUT2D eigenvalue weighted by Crippen LogP contribution is 2.01. The van der Waals surface area contributed by atoms with Gasteiger partial charge < -0.3 is 14.4 Å². The molecule has 1 N–H and O–H groups in total. The van der Waals surface area contributed by atoms with Crippen LogP contribution in [-0.4, -0.2) is 86.3 Å². The molecule has 8 heteroatoms. The zero-order valence-corrected chi connectivity index (χ0v) is 10.6. The zero-order valence-electron chi connectivity index (χ0n) is 9.75. The molecule has 0 amide bonds. The number of hydrogen-bond donors (Lipinski definition) is 1. The summed E-state index contributed by atoms with van der Waals surface area (Å²) in [5.74, 6) is -0.319. The lowest BCUT2D eigenvalue weighted by atomic mass is 10.3. The number of piperazine rings is 1. The van der Waals surface area contributed by atoms with Crippen molar-refractivity contribution in [1.29, 1.82) is 0 Å². The Morgan fingerprint density at radius 3 is 2.12 bits per heavy atom. The van der Waals surface area contributed by atoms with Gasteiger partial charge in [-0.05, 0) is 0 Å². The second-order valence-electron chi connectivity index (χ2n) is 3.98. The summed E-state index contributed by atoms with van der Waals surface area (Å²) < 4.78 is 36.3. The average molecular weight is 267 g/mol. The van der Waals surface area contributed by atoms with Crippen molar-refractivity contribution in [2.75, 3.05) is 58.4 Å². The summed E-state index contributed by atoms with van der Waals surface area (Å²) in [7, 11) is -4.11. The van der Waals surface area contributed by atoms with Gasteiger partial charge in [0, 0.05) is 39.3 Å². The first-order chi connectivity index (χ1) is 8.01. The van der Waals surface area contributed by atoms with E-state index in [0.717, 1.165) is 32.7 Å². The largest absolute Gasteiger partial charge is 0.748 e. The minimum atomic E-state index is -4.11. The van der Waals surface area contributed by atoms with Gasteiger partial charge in [-0.1, -0.05) is 0 Å². The molecule has 7 nitrogen and oxygen atoms in total. The number of aliphatic hydroxyl groups is 1. The fourth-order valence-corrected chi connectivity index (χ4v) is 2.22. The molecule has 0 aliphatic carbocycles. The van der Waals surface area contributed by atoms with Crippen molar-refractivity contribution in [1.82, 2.24) is 9.80 Å². The molecule has 0 atom stereocenters. The van der Waals surface area contributed by atoms with Crippen LogP contribution in [0.3, 0.4) is 0 Å². The molecule has 1 aliphatic heterocycles. The van der Waals surface area contributed by atoms with Crippen molar-refractivity contribution in [3.8, 4) is 0 Å². The Morgan fingerprint density at radius 1 is 1.12 bits per heavy atom. The number of rotatable bonds is 7. The van der Waals surface area contributed by atoms with Crippen LogP contribution in [0.25, 0.3) is 0 Å². The first-order valence-electron chi connectivity index (χ1n) is 5.58. The topological polar surface area (TPSA) is 93.1 Å². The molecule has 1 rings (SSSR count). The molecule has 102 valence electrons. The maximum absolute atomic E-state index is 10.5. The monoisotopic (exact) mass is 267 g/mol. The molecule has 1 aliphatic rings. The van der Waals surface area contributed by atoms with E-state index in [1.807, 2.05) is 4.90 Å². The fourth-order valence-electron chi connectivity index (χ4n) is 1.74. The number of ether oxygens (including phenoxy) is 1. The molecule has 1 saturated heterocycles. The van der Waals surface area contributed by atoms with E-state index in [2.05, 4.69) is 4.90 Å². The van der Waals surface area contributed by atoms with E-state index >= 15 is 0 Å². The Morgan fingerprint density at radius 2 is 1.65 bits per heavy atom. The van der Waals surface area contributed by atoms with Gasteiger partial charge in [0.15, 0.2) is 0 Å². The molecular formula is C9H19N2O5S-. The Balaban J connectivity index is 2.13. The van der Waals surface area contributed by atoms with Gasteiger partial charge in [-0.25, -0.2) is 8.42 Å². The Kier molecular flexibility index (Phi) is 6.31. The van der Waals surface area contributed by atoms with E-state index in [1.165, 1.54) is 0 Å². The zero-order chi connectivity index (χ0) is 12.7. The quantitative estimate of drug-likeness (QED) is 0.328. The number of aliphatic hydroxyl groups excluding tert-OH is 1. The van der Waals surface area contributed by atoms with Crippen LogP contribution in [-0.2, 0) is 14.9 Å². The van der Waals surface area contributed by atoms with E-state index in [9.17, 15) is 13.0 Å². The summed E-state index contributed by atoms with van der Waals surface area (Å²) in [6, 6.07) is 0. The van der Waals surface area contributed by atoms with E-state index in [1.54, 1.807) is 0 Å². The highest BCUT2D eigenvalue weighted by molar-refractivity contribution is 7.85. The summed E-state index contributed by atoms with van der Waals surface area (Å²) in [4.78, 5) is 4.15. The van der Waals surface area contributed by atoms with Gasteiger partial charge in [0.25, 0.3) is 0 Å². The number of nitrogens with zero attached hydrogens (tertiary/aromatic N) is 2. The molecular weight excluding hydrogens is 248 g/mol. The normalized spacial score (nSPS) is 19.6. The first-order valence-corrected chi connectivity index (χ1v) is 7.16. The van der Waals surface area contributed by atoms with Crippen LogP contribution in [0, 0.1) is 0 Å². The lowest BCUT2D eigenvalue weighted by molar-refractivity contribution is -0.0138. The minimum Gasteiger partial charge on any atom is -0.748 e. The predicted molar refractivity (Wildman–Crippen MR) is 60.5 cm³/mol. The van der Waals surface area contributed by atoms with Crippen LogP contribution in [0.5, 0.6) is 0 Å². The van der Waals surface area contributed by atoms with Crippen molar-refractivity contribution in [3.63, 3.8) is 0 Å². The molecule has 0 bridgehead atoms. The third kappa shape index (κ3) is 6.92. The lowest BCUT2D eigenvalue weighted by Crippen LogP contribution is -2.48. The van der Waals surface area contributed by atoms with Gasteiger partial charge in [0.2, 0.25) is 0 Å². The molecule has 0 aromatic heterocycles. The minimum absolute atomic E-state index is 0.263. The number of hydrogen-bond acceptors (Lipinski definition) is 7. The molecule has 0 saturated carbocycles. The molecule has 0 radical (unpaired) electrons. The summed E-state index contributed by atoms with van der Waals surface area (Å²) in [6.07, 6.45) is 0. The molecule has 0 aromatic rings. The third-order valence-corrected chi connectivity index (χ3v) is 3.45. The van der Waals surface area contributed by atoms with Gasteiger partial charge in [0.05, 0.1) is 22.5 Å². The van der Waals surface area contributed by atoms with Crippen LogP contribution in [0.4, 0.5) is 0 Å². The smallest absolute Gasteiger partial charge is 0.143 e. The maximum Gasteiger partial charge on any atom is 0.143 e. The summed E-state index contributed by atoms with van der Waals surface area (Å²) in [6.45, 7) is 4.47.